The summed E-state index contributed by atoms with van der Waals surface area (Å²) in [6, 6.07) is 9.13. The van der Waals surface area contributed by atoms with Crippen LogP contribution in [-0.4, -0.2) is 34.7 Å². The van der Waals surface area contributed by atoms with E-state index < -0.39 is 0 Å². The smallest absolute Gasteiger partial charge is 0.270 e. The normalized spacial score (nSPS) is 11.4. The van der Waals surface area contributed by atoms with Crippen molar-refractivity contribution in [2.24, 2.45) is 0 Å². The van der Waals surface area contributed by atoms with Crippen LogP contribution in [0.25, 0.3) is 5.65 Å². The number of nitrogens with zero attached hydrogens (tertiary/aromatic N) is 3. The molecular weight excluding hydrogens is 344 g/mol. The largest absolute Gasteiger partial charge is 0.493 e. The number of hydrogen-bond acceptors (Lipinski definition) is 5. The van der Waals surface area contributed by atoms with Gasteiger partial charge in [-0.15, -0.1) is 0 Å². The lowest BCUT2D eigenvalue weighted by atomic mass is 9.91. The SMILES string of the molecule is COc1ccc(CNC(=O)c2cc(C(C)(C)C)n3nccc3n2)cc1OC. The third-order valence-electron chi connectivity index (χ3n) is 4.26. The van der Waals surface area contributed by atoms with Gasteiger partial charge in [-0.2, -0.15) is 5.10 Å². The lowest BCUT2D eigenvalue weighted by molar-refractivity contribution is 0.0945. The average Bonchev–Trinajstić information content (AvgIpc) is 3.12. The molecule has 142 valence electrons. The second-order valence-corrected chi connectivity index (χ2v) is 7.25. The molecule has 1 amide bonds. The summed E-state index contributed by atoms with van der Waals surface area (Å²) in [7, 11) is 3.17. The molecule has 1 aromatic carbocycles. The first-order valence-electron chi connectivity index (χ1n) is 8.68. The number of amides is 1. The fourth-order valence-corrected chi connectivity index (χ4v) is 2.83. The maximum absolute atomic E-state index is 12.7. The van der Waals surface area contributed by atoms with Gasteiger partial charge in [0, 0.05) is 18.0 Å². The summed E-state index contributed by atoms with van der Waals surface area (Å²) in [5, 5.41) is 7.22. The molecule has 0 saturated carbocycles. The molecule has 1 N–H and O–H groups in total. The summed E-state index contributed by atoms with van der Waals surface area (Å²) in [5.74, 6) is 1.03. The molecule has 3 aromatic rings. The number of nitrogens with one attached hydrogen (secondary N) is 1. The number of carbonyl (C=O) groups excluding carboxylic acids is 1. The van der Waals surface area contributed by atoms with Gasteiger partial charge >= 0.3 is 0 Å². The summed E-state index contributed by atoms with van der Waals surface area (Å²) < 4.78 is 12.3. The van der Waals surface area contributed by atoms with E-state index in [9.17, 15) is 4.79 Å². The monoisotopic (exact) mass is 368 g/mol. The molecule has 3 rings (SSSR count). The predicted molar refractivity (Wildman–Crippen MR) is 102 cm³/mol. The predicted octanol–water partition coefficient (Wildman–Crippen LogP) is 2.97. The van der Waals surface area contributed by atoms with Gasteiger partial charge in [-0.05, 0) is 23.8 Å². The van der Waals surface area contributed by atoms with Crippen molar-refractivity contribution in [1.82, 2.24) is 19.9 Å². The molecule has 0 aliphatic rings. The molecule has 0 aliphatic carbocycles. The van der Waals surface area contributed by atoms with Gasteiger partial charge in [0.2, 0.25) is 0 Å². The Morgan fingerprint density at radius 1 is 1.11 bits per heavy atom. The third kappa shape index (κ3) is 3.86. The van der Waals surface area contributed by atoms with Gasteiger partial charge < -0.3 is 14.8 Å². The van der Waals surface area contributed by atoms with Gasteiger partial charge in [0.15, 0.2) is 17.1 Å². The van der Waals surface area contributed by atoms with E-state index in [1.54, 1.807) is 37.1 Å². The molecule has 0 saturated heterocycles. The summed E-state index contributed by atoms with van der Waals surface area (Å²) in [6.45, 7) is 6.59. The number of benzene rings is 1. The van der Waals surface area contributed by atoms with Crippen molar-refractivity contribution in [1.29, 1.82) is 0 Å². The highest BCUT2D eigenvalue weighted by molar-refractivity contribution is 5.92. The molecule has 7 nitrogen and oxygen atoms in total. The van der Waals surface area contributed by atoms with Crippen molar-refractivity contribution in [2.45, 2.75) is 32.7 Å². The van der Waals surface area contributed by atoms with Crippen LogP contribution in [0.15, 0.2) is 36.5 Å². The first-order chi connectivity index (χ1) is 12.8. The topological polar surface area (TPSA) is 77.8 Å². The zero-order valence-electron chi connectivity index (χ0n) is 16.2. The average molecular weight is 368 g/mol. The van der Waals surface area contributed by atoms with Gasteiger partial charge in [-0.1, -0.05) is 26.8 Å². The van der Waals surface area contributed by atoms with E-state index in [0.717, 1.165) is 11.3 Å². The Morgan fingerprint density at radius 2 is 1.85 bits per heavy atom. The fourth-order valence-electron chi connectivity index (χ4n) is 2.83. The molecule has 0 fully saturated rings. The molecule has 0 atom stereocenters. The van der Waals surface area contributed by atoms with Crippen molar-refractivity contribution < 1.29 is 14.3 Å². The molecule has 0 radical (unpaired) electrons. The second-order valence-electron chi connectivity index (χ2n) is 7.25. The van der Waals surface area contributed by atoms with Crippen LogP contribution in [0.3, 0.4) is 0 Å². The van der Waals surface area contributed by atoms with Crippen molar-refractivity contribution in [3.05, 3.63) is 53.5 Å². The number of hydrogen-bond donors (Lipinski definition) is 1. The highest BCUT2D eigenvalue weighted by Gasteiger charge is 2.21. The van der Waals surface area contributed by atoms with Gasteiger partial charge in [0.05, 0.1) is 26.1 Å². The summed E-state index contributed by atoms with van der Waals surface area (Å²) in [4.78, 5) is 17.1. The Morgan fingerprint density at radius 3 is 2.52 bits per heavy atom. The van der Waals surface area contributed by atoms with Crippen molar-refractivity contribution >= 4 is 11.6 Å². The summed E-state index contributed by atoms with van der Waals surface area (Å²) >= 11 is 0. The van der Waals surface area contributed by atoms with Gasteiger partial charge in [0.25, 0.3) is 5.91 Å². The highest BCUT2D eigenvalue weighted by Crippen LogP contribution is 2.27. The van der Waals surface area contributed by atoms with Gasteiger partial charge in [-0.25, -0.2) is 9.50 Å². The maximum Gasteiger partial charge on any atom is 0.270 e. The minimum absolute atomic E-state index is 0.175. The summed E-state index contributed by atoms with van der Waals surface area (Å²) in [6.07, 6.45) is 1.68. The van der Waals surface area contributed by atoms with E-state index in [1.165, 1.54) is 0 Å². The van der Waals surface area contributed by atoms with Crippen molar-refractivity contribution in [2.75, 3.05) is 14.2 Å². The third-order valence-corrected chi connectivity index (χ3v) is 4.26. The first-order valence-corrected chi connectivity index (χ1v) is 8.68. The lowest BCUT2D eigenvalue weighted by Crippen LogP contribution is -2.26. The van der Waals surface area contributed by atoms with Crippen LogP contribution in [-0.2, 0) is 12.0 Å². The Kier molecular flexibility index (Phi) is 5.03. The van der Waals surface area contributed by atoms with Crippen LogP contribution in [0.4, 0.5) is 0 Å². The number of rotatable bonds is 5. The van der Waals surface area contributed by atoms with E-state index in [-0.39, 0.29) is 11.3 Å². The van der Waals surface area contributed by atoms with E-state index in [4.69, 9.17) is 9.47 Å². The number of aromatic nitrogens is 3. The molecule has 0 unspecified atom stereocenters. The standard InChI is InChI=1S/C20H24N4O3/c1-20(2,3)17-11-14(23-18-8-9-22-24(17)18)19(25)21-12-13-6-7-15(26-4)16(10-13)27-5/h6-11H,12H2,1-5H3,(H,21,25). The second kappa shape index (κ2) is 7.26. The number of ether oxygens (including phenoxy) is 2. The van der Waals surface area contributed by atoms with Gasteiger partial charge in [-0.3, -0.25) is 4.79 Å². The van der Waals surface area contributed by atoms with Crippen LogP contribution in [0.5, 0.6) is 11.5 Å². The summed E-state index contributed by atoms with van der Waals surface area (Å²) in [5.41, 5.74) is 2.68. The zero-order chi connectivity index (χ0) is 19.6. The van der Waals surface area contributed by atoms with E-state index in [0.29, 0.717) is 29.4 Å². The molecule has 27 heavy (non-hydrogen) atoms. The molecule has 7 heteroatoms. The Balaban J connectivity index is 1.83. The van der Waals surface area contributed by atoms with Crippen LogP contribution in [0.1, 0.15) is 42.5 Å². The minimum atomic E-state index is -0.237. The molecule has 0 spiro atoms. The maximum atomic E-state index is 12.7. The number of fused-ring (bicyclic) bond motifs is 1. The molecule has 2 aromatic heterocycles. The molecular formula is C20H24N4O3. The van der Waals surface area contributed by atoms with Crippen LogP contribution in [0, 0.1) is 0 Å². The number of methoxy groups -OCH3 is 2. The Labute approximate surface area is 158 Å². The Bertz CT molecular complexity index is 973. The van der Waals surface area contributed by atoms with E-state index >= 15 is 0 Å². The Hall–Kier alpha value is -3.09. The minimum Gasteiger partial charge on any atom is -0.493 e. The fraction of sp³-hybridized carbons (Fsp3) is 0.350. The van der Waals surface area contributed by atoms with Crippen LogP contribution >= 0.6 is 0 Å². The quantitative estimate of drug-likeness (QED) is 0.749. The zero-order valence-corrected chi connectivity index (χ0v) is 16.2. The van der Waals surface area contributed by atoms with E-state index in [1.807, 2.05) is 18.2 Å². The molecule has 2 heterocycles. The van der Waals surface area contributed by atoms with Crippen LogP contribution in [0.2, 0.25) is 0 Å². The van der Waals surface area contributed by atoms with Gasteiger partial charge in [0.1, 0.15) is 5.69 Å². The highest BCUT2D eigenvalue weighted by atomic mass is 16.5. The first kappa shape index (κ1) is 18.7. The van der Waals surface area contributed by atoms with Crippen molar-refractivity contribution in [3.63, 3.8) is 0 Å². The lowest BCUT2D eigenvalue weighted by Gasteiger charge is -2.20. The molecule has 0 aliphatic heterocycles. The molecule has 0 bridgehead atoms. The number of carbonyl (C=O) groups is 1. The van der Waals surface area contributed by atoms with Crippen molar-refractivity contribution in [3.8, 4) is 11.5 Å². The van der Waals surface area contributed by atoms with E-state index in [2.05, 4.69) is 36.2 Å². The van der Waals surface area contributed by atoms with Crippen LogP contribution < -0.4 is 14.8 Å².